The van der Waals surface area contributed by atoms with E-state index in [1.807, 2.05) is 25.1 Å². The van der Waals surface area contributed by atoms with Gasteiger partial charge in [-0.2, -0.15) is 0 Å². The van der Waals surface area contributed by atoms with Crippen LogP contribution in [0.5, 0.6) is 11.5 Å². The van der Waals surface area contributed by atoms with Crippen LogP contribution in [0, 0.1) is 0 Å². The number of nitrogens with one attached hydrogen (secondary N) is 2. The van der Waals surface area contributed by atoms with Crippen molar-refractivity contribution in [3.05, 3.63) is 77.0 Å². The van der Waals surface area contributed by atoms with Crippen molar-refractivity contribution in [2.45, 2.75) is 19.4 Å². The molecule has 1 atom stereocenters. The van der Waals surface area contributed by atoms with Gasteiger partial charge in [0.05, 0.1) is 25.3 Å². The number of rotatable bonds is 7. The molecule has 0 spiro atoms. The highest BCUT2D eigenvalue weighted by atomic mass is 16.5. The first kappa shape index (κ1) is 23.4. The molecule has 2 heterocycles. The van der Waals surface area contributed by atoms with Gasteiger partial charge in [-0.3, -0.25) is 4.90 Å². The second kappa shape index (κ2) is 10.4. The normalized spacial score (nSPS) is 18.6. The zero-order valence-corrected chi connectivity index (χ0v) is 19.3. The van der Waals surface area contributed by atoms with Gasteiger partial charge < -0.3 is 25.2 Å². The van der Waals surface area contributed by atoms with Crippen LogP contribution >= 0.6 is 0 Å². The molecule has 3 N–H and O–H groups in total. The van der Waals surface area contributed by atoms with E-state index in [0.717, 1.165) is 13.0 Å². The molecular formula is C26H29N3O5. The number of hydrogen-bond acceptors (Lipinski definition) is 6. The highest BCUT2D eigenvalue weighted by Crippen LogP contribution is 2.34. The number of carbonyl (C=O) groups excluding carboxylic acids is 2. The monoisotopic (exact) mass is 463 g/mol. The minimum atomic E-state index is -0.740. The van der Waals surface area contributed by atoms with Crippen molar-refractivity contribution in [3.63, 3.8) is 0 Å². The molecule has 34 heavy (non-hydrogen) atoms. The lowest BCUT2D eigenvalue weighted by atomic mass is 9.94. The van der Waals surface area contributed by atoms with Gasteiger partial charge in [-0.05, 0) is 42.2 Å². The number of hydrogen-bond donors (Lipinski definition) is 3. The van der Waals surface area contributed by atoms with E-state index >= 15 is 0 Å². The average Bonchev–Trinajstić information content (AvgIpc) is 2.86. The molecular weight excluding hydrogens is 434 g/mol. The van der Waals surface area contributed by atoms with Gasteiger partial charge in [0, 0.05) is 25.3 Å². The largest absolute Gasteiger partial charge is 0.504 e. The van der Waals surface area contributed by atoms with Crippen LogP contribution in [0.15, 0.2) is 65.9 Å². The Morgan fingerprint density at radius 3 is 2.68 bits per heavy atom. The lowest BCUT2D eigenvalue weighted by Gasteiger charge is -2.33. The molecule has 0 aromatic heterocycles. The summed E-state index contributed by atoms with van der Waals surface area (Å²) in [4.78, 5) is 27.6. The number of aromatic hydroxyl groups is 1. The van der Waals surface area contributed by atoms with Crippen LogP contribution in [0.25, 0.3) is 5.57 Å². The second-order valence-electron chi connectivity index (χ2n) is 8.16. The van der Waals surface area contributed by atoms with E-state index in [1.54, 1.807) is 12.1 Å². The van der Waals surface area contributed by atoms with Crippen molar-refractivity contribution >= 4 is 17.6 Å². The van der Waals surface area contributed by atoms with Gasteiger partial charge in [0.15, 0.2) is 11.5 Å². The first-order valence-corrected chi connectivity index (χ1v) is 11.3. The van der Waals surface area contributed by atoms with Crippen molar-refractivity contribution < 1.29 is 24.2 Å². The summed E-state index contributed by atoms with van der Waals surface area (Å²) in [5.41, 5.74) is 3.94. The number of urea groups is 1. The summed E-state index contributed by atoms with van der Waals surface area (Å²) < 4.78 is 10.6. The van der Waals surface area contributed by atoms with Crippen LogP contribution in [-0.2, 0) is 9.53 Å². The topological polar surface area (TPSA) is 100 Å². The maximum atomic E-state index is 12.8. The first-order valence-electron chi connectivity index (χ1n) is 11.3. The van der Waals surface area contributed by atoms with Gasteiger partial charge in [-0.1, -0.05) is 42.5 Å². The van der Waals surface area contributed by atoms with Crippen LogP contribution in [-0.4, -0.2) is 55.4 Å². The molecule has 0 saturated heterocycles. The quantitative estimate of drug-likeness (QED) is 0.545. The molecule has 2 amide bonds. The summed E-state index contributed by atoms with van der Waals surface area (Å²) in [5, 5.41) is 15.7. The smallest absolute Gasteiger partial charge is 0.338 e. The molecule has 8 heteroatoms. The highest BCUT2D eigenvalue weighted by Gasteiger charge is 2.34. The molecule has 2 aliphatic heterocycles. The van der Waals surface area contributed by atoms with E-state index in [2.05, 4.69) is 33.7 Å². The predicted octanol–water partition coefficient (Wildman–Crippen LogP) is 3.36. The molecule has 0 fully saturated rings. The molecule has 4 rings (SSSR count). The van der Waals surface area contributed by atoms with Gasteiger partial charge in [0.1, 0.15) is 0 Å². The van der Waals surface area contributed by atoms with Crippen molar-refractivity contribution in [2.75, 3.05) is 33.4 Å². The van der Waals surface area contributed by atoms with Gasteiger partial charge >= 0.3 is 12.0 Å². The van der Waals surface area contributed by atoms with E-state index in [-0.39, 0.29) is 11.5 Å². The van der Waals surface area contributed by atoms with E-state index in [4.69, 9.17) is 9.47 Å². The Labute approximate surface area is 198 Å². The molecule has 0 bridgehead atoms. The maximum absolute atomic E-state index is 12.8. The zero-order chi connectivity index (χ0) is 24.1. The second-order valence-corrected chi connectivity index (χ2v) is 8.16. The number of ether oxygens (including phenoxy) is 2. The Bertz CT molecular complexity index is 1130. The van der Waals surface area contributed by atoms with Crippen LogP contribution in [0.4, 0.5) is 4.79 Å². The maximum Gasteiger partial charge on any atom is 0.338 e. The summed E-state index contributed by atoms with van der Waals surface area (Å²) >= 11 is 0. The Morgan fingerprint density at radius 1 is 1.21 bits per heavy atom. The number of phenolic OH excluding ortho intramolecular Hbond substituents is 1. The van der Waals surface area contributed by atoms with Crippen LogP contribution in [0.2, 0.25) is 0 Å². The number of amides is 2. The number of carbonyl (C=O) groups is 2. The highest BCUT2D eigenvalue weighted by molar-refractivity contribution is 5.95. The molecule has 2 aromatic carbocycles. The lowest BCUT2D eigenvalue weighted by molar-refractivity contribution is -0.136. The first-order chi connectivity index (χ1) is 16.5. The number of benzene rings is 2. The summed E-state index contributed by atoms with van der Waals surface area (Å²) in [5.74, 6) is -0.256. The summed E-state index contributed by atoms with van der Waals surface area (Å²) in [6.07, 6.45) is 3.06. The predicted molar refractivity (Wildman–Crippen MR) is 128 cm³/mol. The van der Waals surface area contributed by atoms with Crippen LogP contribution in [0.3, 0.4) is 0 Å². The minimum Gasteiger partial charge on any atom is -0.504 e. The van der Waals surface area contributed by atoms with Crippen molar-refractivity contribution in [1.29, 1.82) is 0 Å². The van der Waals surface area contributed by atoms with Crippen molar-refractivity contribution in [2.24, 2.45) is 0 Å². The van der Waals surface area contributed by atoms with Gasteiger partial charge in [0.25, 0.3) is 0 Å². The average molecular weight is 464 g/mol. The lowest BCUT2D eigenvalue weighted by Crippen LogP contribution is -2.48. The minimum absolute atomic E-state index is 0.0102. The third-order valence-corrected chi connectivity index (χ3v) is 6.00. The van der Waals surface area contributed by atoms with Crippen molar-refractivity contribution in [3.8, 4) is 11.5 Å². The zero-order valence-electron chi connectivity index (χ0n) is 19.3. The van der Waals surface area contributed by atoms with Gasteiger partial charge in [-0.25, -0.2) is 9.59 Å². The fourth-order valence-corrected chi connectivity index (χ4v) is 4.32. The number of nitrogens with zero attached hydrogens (tertiary/aromatic N) is 1. The molecule has 2 aromatic rings. The summed E-state index contributed by atoms with van der Waals surface area (Å²) in [6, 6.07) is 13.9. The molecule has 8 nitrogen and oxygen atoms in total. The fraction of sp³-hybridized carbons (Fsp3) is 0.308. The fourth-order valence-electron chi connectivity index (χ4n) is 4.32. The van der Waals surface area contributed by atoms with Gasteiger partial charge in [-0.15, -0.1) is 0 Å². The molecule has 0 saturated carbocycles. The molecule has 0 radical (unpaired) electrons. The van der Waals surface area contributed by atoms with Crippen molar-refractivity contribution in [1.82, 2.24) is 15.5 Å². The van der Waals surface area contributed by atoms with E-state index < -0.39 is 18.0 Å². The molecule has 0 aliphatic carbocycles. The molecule has 178 valence electrons. The standard InChI is InChI=1S/C26H29N3O5/c1-3-34-22-15-19(9-10-21(22)30)24-23(25(31)33-2)20(27-26(32)28-24)16-29-13-11-18(12-14-29)17-7-5-4-6-8-17/h4-11,15,24,30H,3,12-14,16H2,1-2H3,(H2,27,28,32)/t24-/m0/s1. The van der Waals surface area contributed by atoms with E-state index in [0.29, 0.717) is 36.5 Å². The number of phenols is 1. The van der Waals surface area contributed by atoms with Crippen LogP contribution in [0.1, 0.15) is 30.5 Å². The Morgan fingerprint density at radius 2 is 2.00 bits per heavy atom. The van der Waals surface area contributed by atoms with E-state index in [1.165, 1.54) is 24.3 Å². The SMILES string of the molecule is CCOc1cc([C@@H]2NC(=O)NC(CN3CC=C(c4ccccc4)CC3)=C2C(=O)OC)ccc1O. The summed E-state index contributed by atoms with van der Waals surface area (Å²) in [6.45, 7) is 4.06. The van der Waals surface area contributed by atoms with Crippen LogP contribution < -0.4 is 15.4 Å². The van der Waals surface area contributed by atoms with E-state index in [9.17, 15) is 14.7 Å². The Balaban J connectivity index is 1.62. The molecule has 0 unspecified atom stereocenters. The number of methoxy groups -OCH3 is 1. The molecule has 2 aliphatic rings. The third kappa shape index (κ3) is 5.07. The number of esters is 1. The third-order valence-electron chi connectivity index (χ3n) is 6.00. The summed E-state index contributed by atoms with van der Waals surface area (Å²) in [7, 11) is 1.32. The Hall–Kier alpha value is -3.78. The van der Waals surface area contributed by atoms with Gasteiger partial charge in [0.2, 0.25) is 0 Å². The Kier molecular flexibility index (Phi) is 7.18.